The number of hydrogen-bond donors (Lipinski definition) is 0. The predicted molar refractivity (Wildman–Crippen MR) is 101 cm³/mol. The summed E-state index contributed by atoms with van der Waals surface area (Å²) in [6, 6.07) is 19.1. The van der Waals surface area contributed by atoms with E-state index < -0.39 is 0 Å². The van der Waals surface area contributed by atoms with Gasteiger partial charge in [-0.2, -0.15) is 0 Å². The summed E-state index contributed by atoms with van der Waals surface area (Å²) in [5.41, 5.74) is 7.77. The molecule has 0 saturated heterocycles. The first-order valence-electron chi connectivity index (χ1n) is 8.80. The van der Waals surface area contributed by atoms with Gasteiger partial charge in [-0.25, -0.2) is 0 Å². The second-order valence-corrected chi connectivity index (χ2v) is 6.79. The van der Waals surface area contributed by atoms with E-state index in [1.165, 1.54) is 33.4 Å². The van der Waals surface area contributed by atoms with Gasteiger partial charge in [0.2, 0.25) is 0 Å². The fourth-order valence-corrected chi connectivity index (χ4v) is 4.75. The van der Waals surface area contributed by atoms with Crippen LogP contribution >= 0.6 is 0 Å². The van der Waals surface area contributed by atoms with E-state index in [4.69, 9.17) is 14.2 Å². The fourth-order valence-electron chi connectivity index (χ4n) is 4.75. The molecule has 0 aliphatic heterocycles. The van der Waals surface area contributed by atoms with Crippen molar-refractivity contribution >= 4 is 0 Å². The van der Waals surface area contributed by atoms with Crippen LogP contribution in [0, 0.1) is 0 Å². The number of ether oxygens (including phenoxy) is 3. The minimum atomic E-state index is 0.109. The van der Waals surface area contributed by atoms with Gasteiger partial charge in [-0.15, -0.1) is 0 Å². The zero-order valence-corrected chi connectivity index (χ0v) is 15.1. The van der Waals surface area contributed by atoms with E-state index in [0.717, 1.165) is 17.2 Å². The molecule has 0 radical (unpaired) electrons. The maximum atomic E-state index is 5.75. The molecule has 3 aromatic carbocycles. The van der Waals surface area contributed by atoms with Gasteiger partial charge in [0.1, 0.15) is 17.2 Å². The summed E-state index contributed by atoms with van der Waals surface area (Å²) >= 11 is 0. The molecule has 3 aliphatic rings. The van der Waals surface area contributed by atoms with Crippen molar-refractivity contribution in [2.45, 2.75) is 11.8 Å². The van der Waals surface area contributed by atoms with Crippen molar-refractivity contribution in [1.29, 1.82) is 0 Å². The van der Waals surface area contributed by atoms with Gasteiger partial charge in [0.15, 0.2) is 0 Å². The molecule has 2 bridgehead atoms. The normalized spacial score (nSPS) is 18.6. The minimum absolute atomic E-state index is 0.109. The summed E-state index contributed by atoms with van der Waals surface area (Å²) in [7, 11) is 5.21. The van der Waals surface area contributed by atoms with Gasteiger partial charge in [0.25, 0.3) is 0 Å². The van der Waals surface area contributed by atoms with Gasteiger partial charge >= 0.3 is 0 Å². The van der Waals surface area contributed by atoms with Crippen LogP contribution in [0.1, 0.15) is 45.2 Å². The molecule has 0 saturated carbocycles. The van der Waals surface area contributed by atoms with Crippen LogP contribution in [0.25, 0.3) is 0 Å². The summed E-state index contributed by atoms with van der Waals surface area (Å²) in [4.78, 5) is 0. The van der Waals surface area contributed by atoms with Crippen LogP contribution in [0.15, 0.2) is 54.6 Å². The first-order valence-corrected chi connectivity index (χ1v) is 8.80. The van der Waals surface area contributed by atoms with Gasteiger partial charge in [-0.05, 0) is 46.5 Å². The van der Waals surface area contributed by atoms with Crippen LogP contribution in [-0.4, -0.2) is 21.3 Å². The summed E-state index contributed by atoms with van der Waals surface area (Å²) in [6.45, 7) is 0. The van der Waals surface area contributed by atoms with Gasteiger partial charge in [-0.1, -0.05) is 30.3 Å². The third kappa shape index (κ3) is 1.83. The number of benzene rings is 3. The van der Waals surface area contributed by atoms with E-state index in [1.807, 2.05) is 6.07 Å². The molecule has 0 spiro atoms. The van der Waals surface area contributed by atoms with Crippen molar-refractivity contribution in [3.05, 3.63) is 88.0 Å². The second kappa shape index (κ2) is 5.53. The molecular formula is C23H20O3. The smallest absolute Gasteiger partial charge is 0.123 e. The van der Waals surface area contributed by atoms with Gasteiger partial charge < -0.3 is 14.2 Å². The number of hydrogen-bond acceptors (Lipinski definition) is 3. The molecule has 130 valence electrons. The number of rotatable bonds is 3. The quantitative estimate of drug-likeness (QED) is 0.475. The van der Waals surface area contributed by atoms with Crippen molar-refractivity contribution in [2.24, 2.45) is 0 Å². The molecule has 6 rings (SSSR count). The van der Waals surface area contributed by atoms with Crippen molar-refractivity contribution in [1.82, 2.24) is 0 Å². The summed E-state index contributed by atoms with van der Waals surface area (Å²) in [6.07, 6.45) is 0. The Balaban J connectivity index is 1.88. The third-order valence-corrected chi connectivity index (χ3v) is 5.75. The zero-order chi connectivity index (χ0) is 17.8. The van der Waals surface area contributed by atoms with Crippen LogP contribution in [0.4, 0.5) is 0 Å². The van der Waals surface area contributed by atoms with E-state index >= 15 is 0 Å². The average Bonchev–Trinajstić information content (AvgIpc) is 2.71. The Kier molecular flexibility index (Phi) is 3.26. The lowest BCUT2D eigenvalue weighted by molar-refractivity contribution is 0.396. The van der Waals surface area contributed by atoms with Gasteiger partial charge in [-0.3, -0.25) is 0 Å². The van der Waals surface area contributed by atoms with Crippen molar-refractivity contribution in [3.63, 3.8) is 0 Å². The van der Waals surface area contributed by atoms with Crippen LogP contribution in [-0.2, 0) is 0 Å². The molecule has 0 N–H and O–H groups in total. The van der Waals surface area contributed by atoms with E-state index in [2.05, 4.69) is 48.5 Å². The summed E-state index contributed by atoms with van der Waals surface area (Å²) < 4.78 is 17.0. The SMILES string of the molecule is COc1ccc2c(c1)C1c3cccc(OC)c3C2c2c(OC)cccc21. The monoisotopic (exact) mass is 344 g/mol. The lowest BCUT2D eigenvalue weighted by atomic mass is 9.60. The lowest BCUT2D eigenvalue weighted by Crippen LogP contribution is -2.28. The largest absolute Gasteiger partial charge is 0.497 e. The zero-order valence-electron chi connectivity index (χ0n) is 15.1. The van der Waals surface area contributed by atoms with E-state index in [1.54, 1.807) is 21.3 Å². The van der Waals surface area contributed by atoms with Gasteiger partial charge in [0, 0.05) is 23.0 Å². The van der Waals surface area contributed by atoms with Gasteiger partial charge in [0.05, 0.1) is 21.3 Å². The maximum absolute atomic E-state index is 5.75. The minimum Gasteiger partial charge on any atom is -0.497 e. The Morgan fingerprint density at radius 2 is 1.19 bits per heavy atom. The van der Waals surface area contributed by atoms with Crippen molar-refractivity contribution < 1.29 is 14.2 Å². The first kappa shape index (κ1) is 15.3. The van der Waals surface area contributed by atoms with Crippen LogP contribution < -0.4 is 14.2 Å². The molecule has 3 nitrogen and oxygen atoms in total. The highest BCUT2D eigenvalue weighted by atomic mass is 16.5. The highest BCUT2D eigenvalue weighted by molar-refractivity contribution is 5.73. The molecule has 0 atom stereocenters. The Bertz CT molecular complexity index is 964. The Labute approximate surface area is 153 Å². The highest BCUT2D eigenvalue weighted by Crippen LogP contribution is 2.60. The molecule has 3 aromatic rings. The molecule has 3 heteroatoms. The fraction of sp³-hybridized carbons (Fsp3) is 0.217. The molecule has 26 heavy (non-hydrogen) atoms. The Hall–Kier alpha value is -2.94. The van der Waals surface area contributed by atoms with Crippen molar-refractivity contribution in [2.75, 3.05) is 21.3 Å². The second-order valence-electron chi connectivity index (χ2n) is 6.79. The molecular weight excluding hydrogens is 324 g/mol. The number of methoxy groups -OCH3 is 3. The summed E-state index contributed by atoms with van der Waals surface area (Å²) in [5.74, 6) is 3.05. The lowest BCUT2D eigenvalue weighted by Gasteiger charge is -2.43. The average molecular weight is 344 g/mol. The molecule has 0 aromatic heterocycles. The Morgan fingerprint density at radius 3 is 1.73 bits per heavy atom. The van der Waals surface area contributed by atoms with Crippen LogP contribution in [0.5, 0.6) is 17.2 Å². The molecule has 0 unspecified atom stereocenters. The molecule has 0 fully saturated rings. The first-order chi connectivity index (χ1) is 12.8. The van der Waals surface area contributed by atoms with Crippen LogP contribution in [0.2, 0.25) is 0 Å². The van der Waals surface area contributed by atoms with E-state index in [-0.39, 0.29) is 11.8 Å². The van der Waals surface area contributed by atoms with E-state index in [0.29, 0.717) is 0 Å². The van der Waals surface area contributed by atoms with Crippen molar-refractivity contribution in [3.8, 4) is 17.2 Å². The highest BCUT2D eigenvalue weighted by Gasteiger charge is 2.44. The third-order valence-electron chi connectivity index (χ3n) is 5.75. The summed E-state index contributed by atoms with van der Waals surface area (Å²) in [5, 5.41) is 0. The topological polar surface area (TPSA) is 27.7 Å². The molecule has 3 aliphatic carbocycles. The van der Waals surface area contributed by atoms with Crippen LogP contribution in [0.3, 0.4) is 0 Å². The molecule has 0 amide bonds. The Morgan fingerprint density at radius 1 is 0.577 bits per heavy atom. The standard InChI is InChI=1S/C23H20O3/c1-24-13-10-11-14-17(12-13)20-15-6-4-8-18(25-2)21(15)23(14)22-16(20)7-5-9-19(22)26-3/h4-12,20,23H,1-3H3. The predicted octanol–water partition coefficient (Wildman–Crippen LogP) is 4.70. The molecule has 0 heterocycles. The van der Waals surface area contributed by atoms with E-state index in [9.17, 15) is 0 Å². The maximum Gasteiger partial charge on any atom is 0.123 e.